The number of aryl methyl sites for hydroxylation is 2. The van der Waals surface area contributed by atoms with Crippen molar-refractivity contribution in [2.75, 3.05) is 13.2 Å². The molecule has 2 aromatic rings. The number of aromatic nitrogens is 3. The zero-order valence-corrected chi connectivity index (χ0v) is 13.1. The first-order valence-corrected chi connectivity index (χ1v) is 7.99. The highest BCUT2D eigenvalue weighted by molar-refractivity contribution is 7.89. The van der Waals surface area contributed by atoms with Crippen molar-refractivity contribution in [1.29, 1.82) is 0 Å². The fraction of sp³-hybridized carbons (Fsp3) is 0.286. The van der Waals surface area contributed by atoms with Gasteiger partial charge in [-0.3, -0.25) is 10.1 Å². The standard InChI is InChI=1S/C14H16N4O3S/c1-11-14(12(2)18-17-11)22(19,20)16-8-3-4-9-21-13-6-5-7-15-10-13/h5-7,10,16H,8-9H2,1-2H3,(H,17,18). The summed E-state index contributed by atoms with van der Waals surface area (Å²) in [4.78, 5) is 4.07. The zero-order chi connectivity index (χ0) is 16.0. The van der Waals surface area contributed by atoms with Crippen molar-refractivity contribution in [2.45, 2.75) is 18.7 Å². The molecule has 7 nitrogen and oxygen atoms in total. The van der Waals surface area contributed by atoms with Crippen LogP contribution in [0.2, 0.25) is 0 Å². The van der Waals surface area contributed by atoms with E-state index in [1.165, 1.54) is 0 Å². The molecule has 0 aliphatic heterocycles. The fourth-order valence-electron chi connectivity index (χ4n) is 1.81. The van der Waals surface area contributed by atoms with Gasteiger partial charge in [-0.1, -0.05) is 11.8 Å². The molecule has 2 rings (SSSR count). The van der Waals surface area contributed by atoms with E-state index >= 15 is 0 Å². The first kappa shape index (κ1) is 16.0. The Morgan fingerprint density at radius 3 is 2.82 bits per heavy atom. The van der Waals surface area contributed by atoms with Crippen molar-refractivity contribution in [3.8, 4) is 17.6 Å². The first-order valence-electron chi connectivity index (χ1n) is 6.50. The van der Waals surface area contributed by atoms with Gasteiger partial charge in [0, 0.05) is 6.20 Å². The van der Waals surface area contributed by atoms with Crippen LogP contribution in [0.3, 0.4) is 0 Å². The Balaban J connectivity index is 1.85. The normalized spacial score (nSPS) is 10.8. The SMILES string of the molecule is Cc1n[nH]c(C)c1S(=O)(=O)NCC#CCOc1cccnc1. The van der Waals surface area contributed by atoms with Gasteiger partial charge >= 0.3 is 0 Å². The Morgan fingerprint density at radius 1 is 1.36 bits per heavy atom. The maximum absolute atomic E-state index is 12.1. The van der Waals surface area contributed by atoms with Crippen LogP contribution in [0.1, 0.15) is 11.4 Å². The van der Waals surface area contributed by atoms with Gasteiger partial charge in [-0.2, -0.15) is 9.82 Å². The van der Waals surface area contributed by atoms with Crippen LogP contribution in [-0.4, -0.2) is 36.8 Å². The van der Waals surface area contributed by atoms with Gasteiger partial charge in [0.2, 0.25) is 10.0 Å². The minimum absolute atomic E-state index is 0.00277. The lowest BCUT2D eigenvalue weighted by atomic mass is 10.4. The molecule has 0 spiro atoms. The van der Waals surface area contributed by atoms with Gasteiger partial charge in [-0.05, 0) is 26.0 Å². The molecule has 2 aromatic heterocycles. The van der Waals surface area contributed by atoms with E-state index in [1.54, 1.807) is 38.4 Å². The number of aromatic amines is 1. The molecule has 0 amide bonds. The van der Waals surface area contributed by atoms with E-state index in [1.807, 2.05) is 0 Å². The molecule has 0 aliphatic carbocycles. The lowest BCUT2D eigenvalue weighted by Crippen LogP contribution is -2.25. The van der Waals surface area contributed by atoms with E-state index < -0.39 is 10.0 Å². The third-order valence-corrected chi connectivity index (χ3v) is 4.41. The average molecular weight is 320 g/mol. The summed E-state index contributed by atoms with van der Waals surface area (Å²) in [5.41, 5.74) is 0.927. The first-order chi connectivity index (χ1) is 10.5. The predicted octanol–water partition coefficient (Wildman–Crippen LogP) is 0.782. The van der Waals surface area contributed by atoms with E-state index in [4.69, 9.17) is 4.74 Å². The van der Waals surface area contributed by atoms with Crippen molar-refractivity contribution >= 4 is 10.0 Å². The summed E-state index contributed by atoms with van der Waals surface area (Å²) in [5.74, 6) is 6.04. The molecule has 2 N–H and O–H groups in total. The molecule has 116 valence electrons. The van der Waals surface area contributed by atoms with Gasteiger partial charge < -0.3 is 4.74 Å². The van der Waals surface area contributed by atoms with Gasteiger partial charge in [-0.25, -0.2) is 8.42 Å². The highest BCUT2D eigenvalue weighted by Crippen LogP contribution is 2.15. The zero-order valence-electron chi connectivity index (χ0n) is 12.3. The van der Waals surface area contributed by atoms with Crippen LogP contribution in [0.4, 0.5) is 0 Å². The largest absolute Gasteiger partial charge is 0.479 e. The highest BCUT2D eigenvalue weighted by Gasteiger charge is 2.21. The molecule has 0 fully saturated rings. The van der Waals surface area contributed by atoms with Gasteiger partial charge in [0.15, 0.2) is 0 Å². The molecule has 0 saturated heterocycles. The Kier molecular flexibility index (Phi) is 5.14. The second kappa shape index (κ2) is 7.06. The van der Waals surface area contributed by atoms with Crippen LogP contribution < -0.4 is 9.46 Å². The van der Waals surface area contributed by atoms with Crippen LogP contribution in [-0.2, 0) is 10.0 Å². The summed E-state index contributed by atoms with van der Waals surface area (Å²) in [7, 11) is -3.61. The summed E-state index contributed by atoms with van der Waals surface area (Å²) in [6.45, 7) is 3.45. The van der Waals surface area contributed by atoms with Gasteiger partial charge in [0.1, 0.15) is 17.3 Å². The van der Waals surface area contributed by atoms with Crippen LogP contribution in [0.15, 0.2) is 29.4 Å². The summed E-state index contributed by atoms with van der Waals surface area (Å²) < 4.78 is 32.0. The number of sulfonamides is 1. The van der Waals surface area contributed by atoms with Gasteiger partial charge in [0.05, 0.1) is 24.1 Å². The van der Waals surface area contributed by atoms with Gasteiger partial charge in [-0.15, -0.1) is 0 Å². The predicted molar refractivity (Wildman–Crippen MR) is 80.8 cm³/mol. The van der Waals surface area contributed by atoms with E-state index in [9.17, 15) is 8.42 Å². The maximum atomic E-state index is 12.1. The third-order valence-electron chi connectivity index (χ3n) is 2.75. The molecule has 0 aromatic carbocycles. The van der Waals surface area contributed by atoms with Crippen LogP contribution in [0, 0.1) is 25.7 Å². The number of H-pyrrole nitrogens is 1. The molecule has 0 aliphatic rings. The molecule has 0 atom stereocenters. The van der Waals surface area contributed by atoms with E-state index in [-0.39, 0.29) is 18.0 Å². The second-order valence-corrected chi connectivity index (χ2v) is 6.12. The molecule has 0 unspecified atom stereocenters. The number of hydrogen-bond donors (Lipinski definition) is 2. The summed E-state index contributed by atoms with van der Waals surface area (Å²) in [5, 5.41) is 6.51. The smallest absolute Gasteiger partial charge is 0.245 e. The minimum atomic E-state index is -3.61. The lowest BCUT2D eigenvalue weighted by molar-refractivity contribution is 0.368. The Labute approximate surface area is 129 Å². The second-order valence-electron chi connectivity index (χ2n) is 4.42. The van der Waals surface area contributed by atoms with E-state index in [0.717, 1.165) is 0 Å². The van der Waals surface area contributed by atoms with Gasteiger partial charge in [0.25, 0.3) is 0 Å². The average Bonchev–Trinajstić information content (AvgIpc) is 2.83. The summed E-state index contributed by atoms with van der Waals surface area (Å²) >= 11 is 0. The lowest BCUT2D eigenvalue weighted by Gasteiger charge is -2.03. The molecule has 0 saturated carbocycles. The summed E-state index contributed by atoms with van der Waals surface area (Å²) in [6.07, 6.45) is 3.22. The molecule has 8 heteroatoms. The summed E-state index contributed by atoms with van der Waals surface area (Å²) in [6, 6.07) is 3.52. The Hall–Kier alpha value is -2.37. The van der Waals surface area contributed by atoms with Crippen molar-refractivity contribution in [3.05, 3.63) is 35.9 Å². The third kappa shape index (κ3) is 4.07. The monoisotopic (exact) mass is 320 g/mol. The molecular weight excluding hydrogens is 304 g/mol. The molecule has 0 bridgehead atoms. The van der Waals surface area contributed by atoms with Crippen molar-refractivity contribution in [1.82, 2.24) is 19.9 Å². The number of nitrogens with zero attached hydrogens (tertiary/aromatic N) is 2. The number of pyridine rings is 1. The maximum Gasteiger partial charge on any atom is 0.245 e. The number of ether oxygens (including phenoxy) is 1. The van der Waals surface area contributed by atoms with Crippen LogP contribution in [0.25, 0.3) is 0 Å². The number of rotatable bonds is 5. The van der Waals surface area contributed by atoms with Crippen LogP contribution >= 0.6 is 0 Å². The minimum Gasteiger partial charge on any atom is -0.479 e. The van der Waals surface area contributed by atoms with Crippen LogP contribution in [0.5, 0.6) is 5.75 Å². The van der Waals surface area contributed by atoms with Crippen molar-refractivity contribution < 1.29 is 13.2 Å². The quantitative estimate of drug-likeness (QED) is 0.794. The molecule has 0 radical (unpaired) electrons. The molecule has 22 heavy (non-hydrogen) atoms. The van der Waals surface area contributed by atoms with E-state index in [0.29, 0.717) is 17.1 Å². The van der Waals surface area contributed by atoms with Crippen molar-refractivity contribution in [2.24, 2.45) is 0 Å². The topological polar surface area (TPSA) is 97.0 Å². The Morgan fingerprint density at radius 2 is 2.18 bits per heavy atom. The molecule has 2 heterocycles. The number of hydrogen-bond acceptors (Lipinski definition) is 5. The highest BCUT2D eigenvalue weighted by atomic mass is 32.2. The number of nitrogens with one attached hydrogen (secondary N) is 2. The van der Waals surface area contributed by atoms with Crippen molar-refractivity contribution in [3.63, 3.8) is 0 Å². The van der Waals surface area contributed by atoms with E-state index in [2.05, 4.69) is 31.7 Å². The molecular formula is C14H16N4O3S. The Bertz CT molecular complexity index is 769. The fourth-order valence-corrected chi connectivity index (χ4v) is 3.10.